The molecule has 0 unspecified atom stereocenters. The van der Waals surface area contributed by atoms with Crippen molar-refractivity contribution in [1.29, 1.82) is 0 Å². The van der Waals surface area contributed by atoms with Gasteiger partial charge in [0, 0.05) is 38.9 Å². The van der Waals surface area contributed by atoms with Crippen LogP contribution in [0.4, 0.5) is 0 Å². The summed E-state index contributed by atoms with van der Waals surface area (Å²) in [7, 11) is -5.04. The van der Waals surface area contributed by atoms with Crippen LogP contribution in [0.3, 0.4) is 0 Å². The zero-order valence-corrected chi connectivity index (χ0v) is 38.6. The van der Waals surface area contributed by atoms with Crippen molar-refractivity contribution in [2.24, 2.45) is 0 Å². The summed E-state index contributed by atoms with van der Waals surface area (Å²) in [4.78, 5) is 25.3. The Morgan fingerprint density at radius 2 is 0.672 bits per heavy atom. The van der Waals surface area contributed by atoms with Crippen LogP contribution in [-0.4, -0.2) is 41.4 Å². The second-order valence-electron chi connectivity index (χ2n) is 18.0. The molecule has 0 fully saturated rings. The molecular weight excluding hydrogens is 745 g/mol. The van der Waals surface area contributed by atoms with Crippen LogP contribution in [0.25, 0.3) is 0 Å². The maximum atomic E-state index is 12.7. The van der Waals surface area contributed by atoms with E-state index in [9.17, 15) is 9.59 Å². The topological polar surface area (TPSA) is 52.6 Å². The second kappa shape index (κ2) is 23.8. The maximum absolute atomic E-state index is 12.7. The van der Waals surface area contributed by atoms with Crippen LogP contribution in [0.2, 0.25) is 10.1 Å². The van der Waals surface area contributed by atoms with E-state index in [0.717, 1.165) is 64.2 Å². The largest absolute Gasteiger partial charge is 0.407 e. The minimum atomic E-state index is -2.52. The van der Waals surface area contributed by atoms with Gasteiger partial charge < -0.3 is 8.85 Å². The molecular formula is C52H72O4Si2. The second-order valence-corrected chi connectivity index (χ2v) is 26.6. The van der Waals surface area contributed by atoms with Crippen LogP contribution >= 0.6 is 0 Å². The highest BCUT2D eigenvalue weighted by Gasteiger charge is 2.51. The number of allylic oxidation sites excluding steroid dienone is 2. The van der Waals surface area contributed by atoms with Crippen molar-refractivity contribution in [3.63, 3.8) is 0 Å². The standard InChI is InChI=1S/C52H72O4Si2/c1-51(2,3)57(47-35-19-13-20-36-47,48-37-21-14-22-38-48)55-43-29-27-33-45(53)31-17-11-9-7-8-10-12-18-32-46(54)34-28-30-44-56-58(52(4,5)6,49-39-23-15-24-40-49)50-41-25-16-26-42-50/h7-8,13-16,19-26,35-42H,9-12,17-18,27-34,43-44H2,1-6H3/b8-7+. The summed E-state index contributed by atoms with van der Waals surface area (Å²) in [6.07, 6.45) is 16.6. The molecule has 4 nitrogen and oxygen atoms in total. The Labute approximate surface area is 354 Å². The highest BCUT2D eigenvalue weighted by atomic mass is 28.4. The number of hydrogen-bond acceptors (Lipinski definition) is 4. The van der Waals surface area contributed by atoms with Crippen molar-refractivity contribution >= 4 is 48.9 Å². The van der Waals surface area contributed by atoms with Gasteiger partial charge in [-0.3, -0.25) is 9.59 Å². The summed E-state index contributed by atoms with van der Waals surface area (Å²) < 4.78 is 14.0. The lowest BCUT2D eigenvalue weighted by molar-refractivity contribution is -0.120. The Morgan fingerprint density at radius 3 is 0.931 bits per heavy atom. The van der Waals surface area contributed by atoms with E-state index in [2.05, 4.69) is 175 Å². The molecule has 0 heterocycles. The van der Waals surface area contributed by atoms with Gasteiger partial charge >= 0.3 is 0 Å². The summed E-state index contributed by atoms with van der Waals surface area (Å²) in [5.74, 6) is 0.733. The maximum Gasteiger partial charge on any atom is 0.261 e. The number of rotatable bonds is 26. The quantitative estimate of drug-likeness (QED) is 0.0360. The Morgan fingerprint density at radius 1 is 0.414 bits per heavy atom. The molecule has 312 valence electrons. The Bertz CT molecular complexity index is 1570. The van der Waals surface area contributed by atoms with Crippen molar-refractivity contribution in [1.82, 2.24) is 0 Å². The molecule has 0 bridgehead atoms. The van der Waals surface area contributed by atoms with Gasteiger partial charge in [-0.2, -0.15) is 0 Å². The molecule has 0 radical (unpaired) electrons. The predicted octanol–water partition coefficient (Wildman–Crippen LogP) is 11.3. The monoisotopic (exact) mass is 816 g/mol. The van der Waals surface area contributed by atoms with Crippen LogP contribution in [0.1, 0.15) is 131 Å². The lowest BCUT2D eigenvalue weighted by Gasteiger charge is -2.43. The van der Waals surface area contributed by atoms with Gasteiger partial charge in [0.1, 0.15) is 11.6 Å². The van der Waals surface area contributed by atoms with Gasteiger partial charge in [-0.15, -0.1) is 0 Å². The van der Waals surface area contributed by atoms with E-state index in [-0.39, 0.29) is 10.1 Å². The van der Waals surface area contributed by atoms with E-state index in [1.165, 1.54) is 20.7 Å². The van der Waals surface area contributed by atoms with Gasteiger partial charge in [0.05, 0.1) is 0 Å². The van der Waals surface area contributed by atoms with Crippen molar-refractivity contribution in [2.75, 3.05) is 13.2 Å². The van der Waals surface area contributed by atoms with Gasteiger partial charge in [-0.05, 0) is 95.0 Å². The van der Waals surface area contributed by atoms with Crippen molar-refractivity contribution in [3.05, 3.63) is 133 Å². The molecule has 4 aromatic carbocycles. The number of carbonyl (C=O) groups is 2. The number of ketones is 2. The molecule has 0 N–H and O–H groups in total. The zero-order chi connectivity index (χ0) is 41.7. The van der Waals surface area contributed by atoms with Crippen molar-refractivity contribution in [2.45, 2.75) is 142 Å². The van der Waals surface area contributed by atoms with Gasteiger partial charge in [0.2, 0.25) is 0 Å². The fourth-order valence-corrected chi connectivity index (χ4v) is 17.7. The van der Waals surface area contributed by atoms with E-state index in [1.54, 1.807) is 0 Å². The van der Waals surface area contributed by atoms with E-state index < -0.39 is 16.6 Å². The van der Waals surface area contributed by atoms with Crippen LogP contribution in [-0.2, 0) is 18.4 Å². The van der Waals surface area contributed by atoms with E-state index in [0.29, 0.717) is 50.5 Å². The van der Waals surface area contributed by atoms with Crippen molar-refractivity contribution in [3.8, 4) is 0 Å². The molecule has 0 saturated heterocycles. The SMILES string of the molecule is CC(C)(C)[Si](OCCCCC(=O)CCCC/C=C/CCCCC(=O)CCCCO[Si](c1ccccc1)(c1ccccc1)C(C)(C)C)(c1ccccc1)c1ccccc1. The molecule has 0 aromatic heterocycles. The van der Waals surface area contributed by atoms with Gasteiger partial charge in [0.15, 0.2) is 0 Å². The Kier molecular flexibility index (Phi) is 19.3. The van der Waals surface area contributed by atoms with E-state index in [1.807, 2.05) is 0 Å². The van der Waals surface area contributed by atoms with Crippen molar-refractivity contribution < 1.29 is 18.4 Å². The van der Waals surface area contributed by atoms with Crippen LogP contribution in [0.5, 0.6) is 0 Å². The average Bonchev–Trinajstić information content (AvgIpc) is 3.21. The third-order valence-corrected chi connectivity index (χ3v) is 21.6. The molecule has 0 spiro atoms. The van der Waals surface area contributed by atoms with E-state index in [4.69, 9.17) is 8.85 Å². The number of hydrogen-bond donors (Lipinski definition) is 0. The summed E-state index contributed by atoms with van der Waals surface area (Å²) in [5, 5.41) is 5.11. The zero-order valence-electron chi connectivity index (χ0n) is 36.6. The first-order valence-corrected chi connectivity index (χ1v) is 25.9. The van der Waals surface area contributed by atoms with E-state index >= 15 is 0 Å². The molecule has 4 aromatic rings. The molecule has 6 heteroatoms. The highest BCUT2D eigenvalue weighted by molar-refractivity contribution is 7.00. The molecule has 0 atom stereocenters. The lowest BCUT2D eigenvalue weighted by atomic mass is 10.1. The fraction of sp³-hybridized carbons (Fsp3) is 0.462. The molecule has 0 aliphatic carbocycles. The fourth-order valence-electron chi connectivity index (χ4n) is 8.48. The number of Topliss-reactive ketones (excluding diaryl/α,β-unsaturated/α-hetero) is 2. The molecule has 0 amide bonds. The molecule has 58 heavy (non-hydrogen) atoms. The van der Waals surface area contributed by atoms with Crippen LogP contribution in [0.15, 0.2) is 133 Å². The number of carbonyl (C=O) groups excluding carboxylic acids is 2. The smallest absolute Gasteiger partial charge is 0.261 e. The summed E-state index contributed by atoms with van der Waals surface area (Å²) in [5.41, 5.74) is 0. The van der Waals surface area contributed by atoms with Gasteiger partial charge in [0.25, 0.3) is 16.6 Å². The van der Waals surface area contributed by atoms with Gasteiger partial charge in [-0.1, -0.05) is 175 Å². The first-order chi connectivity index (χ1) is 27.9. The number of unbranched alkanes of at least 4 members (excludes halogenated alkanes) is 6. The Hall–Kier alpha value is -3.69. The molecule has 0 saturated carbocycles. The van der Waals surface area contributed by atoms with Crippen LogP contribution in [0, 0.1) is 0 Å². The normalized spacial score (nSPS) is 12.6. The number of benzene rings is 4. The third kappa shape index (κ3) is 13.4. The molecule has 4 rings (SSSR count). The lowest BCUT2D eigenvalue weighted by Crippen LogP contribution is -2.66. The molecule has 0 aliphatic rings. The third-order valence-electron chi connectivity index (χ3n) is 11.5. The minimum absolute atomic E-state index is 0.0367. The highest BCUT2D eigenvalue weighted by Crippen LogP contribution is 2.38. The first-order valence-electron chi connectivity index (χ1n) is 22.1. The average molecular weight is 817 g/mol. The first kappa shape index (κ1) is 47.0. The van der Waals surface area contributed by atoms with Gasteiger partial charge in [-0.25, -0.2) is 0 Å². The van der Waals surface area contributed by atoms with Crippen LogP contribution < -0.4 is 20.7 Å². The summed E-state index contributed by atoms with van der Waals surface area (Å²) in [6.45, 7) is 15.2. The minimum Gasteiger partial charge on any atom is -0.407 e. The molecule has 0 aliphatic heterocycles. The summed E-state index contributed by atoms with van der Waals surface area (Å²) >= 11 is 0. The summed E-state index contributed by atoms with van der Waals surface area (Å²) in [6, 6.07) is 43.0. The predicted molar refractivity (Wildman–Crippen MR) is 251 cm³/mol. The Balaban J connectivity index is 1.05.